The number of guanidine groups is 1. The standard InChI is InChI=1S/C22H36N4O.HI/c1-5-13-27-21-11-7-6-10-20(21)15-25-22(23-4)24-14-19-9-8-12-26(17-19)16-18(2)3;/h5-7,10-11,18-19H,1,8-9,12-17H2,2-4H3,(H2,23,24,25);1H. The van der Waals surface area contributed by atoms with Gasteiger partial charge in [0.05, 0.1) is 0 Å². The first-order valence-electron chi connectivity index (χ1n) is 10.1. The SMILES string of the molecule is C=CCOc1ccccc1CNC(=NC)NCC1CCCN(CC(C)C)C1.I. The van der Waals surface area contributed by atoms with Crippen LogP contribution >= 0.6 is 24.0 Å². The summed E-state index contributed by atoms with van der Waals surface area (Å²) in [6, 6.07) is 8.08. The average Bonchev–Trinajstić information content (AvgIpc) is 2.67. The molecule has 1 aliphatic heterocycles. The first kappa shape index (κ1) is 24.8. The lowest BCUT2D eigenvalue weighted by molar-refractivity contribution is 0.159. The number of nitrogens with zero attached hydrogens (tertiary/aromatic N) is 2. The van der Waals surface area contributed by atoms with Gasteiger partial charge < -0.3 is 20.3 Å². The van der Waals surface area contributed by atoms with E-state index >= 15 is 0 Å². The van der Waals surface area contributed by atoms with Crippen molar-refractivity contribution in [3.05, 3.63) is 42.5 Å². The van der Waals surface area contributed by atoms with E-state index in [1.54, 1.807) is 6.08 Å². The zero-order valence-corrected chi connectivity index (χ0v) is 19.9. The Morgan fingerprint density at radius 1 is 1.36 bits per heavy atom. The number of nitrogens with one attached hydrogen (secondary N) is 2. The summed E-state index contributed by atoms with van der Waals surface area (Å²) in [4.78, 5) is 6.97. The summed E-state index contributed by atoms with van der Waals surface area (Å²) in [6.07, 6.45) is 4.34. The summed E-state index contributed by atoms with van der Waals surface area (Å²) in [7, 11) is 1.82. The molecule has 0 saturated carbocycles. The lowest BCUT2D eigenvalue weighted by Gasteiger charge is -2.34. The van der Waals surface area contributed by atoms with E-state index in [0.717, 1.165) is 29.7 Å². The molecule has 1 unspecified atom stereocenters. The molecule has 0 bridgehead atoms. The largest absolute Gasteiger partial charge is 0.489 e. The van der Waals surface area contributed by atoms with Crippen molar-refractivity contribution in [2.45, 2.75) is 33.2 Å². The summed E-state index contributed by atoms with van der Waals surface area (Å²) in [5, 5.41) is 6.91. The molecular weight excluding hydrogens is 463 g/mol. The molecule has 1 aliphatic rings. The topological polar surface area (TPSA) is 48.9 Å². The van der Waals surface area contributed by atoms with E-state index in [9.17, 15) is 0 Å². The van der Waals surface area contributed by atoms with Crippen LogP contribution in [0.1, 0.15) is 32.3 Å². The van der Waals surface area contributed by atoms with Gasteiger partial charge in [0, 0.05) is 38.8 Å². The van der Waals surface area contributed by atoms with Crippen LogP contribution in [-0.2, 0) is 6.54 Å². The van der Waals surface area contributed by atoms with E-state index in [-0.39, 0.29) is 24.0 Å². The maximum absolute atomic E-state index is 5.73. The second kappa shape index (κ2) is 13.8. The van der Waals surface area contributed by atoms with Gasteiger partial charge in [0.15, 0.2) is 5.96 Å². The van der Waals surface area contributed by atoms with Crippen molar-refractivity contribution < 1.29 is 4.74 Å². The fourth-order valence-corrected chi connectivity index (χ4v) is 3.58. The zero-order chi connectivity index (χ0) is 19.5. The number of hydrogen-bond donors (Lipinski definition) is 2. The third-order valence-electron chi connectivity index (χ3n) is 4.78. The number of benzene rings is 1. The molecule has 1 heterocycles. The maximum Gasteiger partial charge on any atom is 0.191 e. The highest BCUT2D eigenvalue weighted by molar-refractivity contribution is 14.0. The summed E-state index contributed by atoms with van der Waals surface area (Å²) in [5.74, 6) is 3.14. The molecule has 28 heavy (non-hydrogen) atoms. The van der Waals surface area contributed by atoms with Crippen LogP contribution in [0.15, 0.2) is 41.9 Å². The Hall–Kier alpha value is -1.28. The average molecular weight is 500 g/mol. The molecule has 5 nitrogen and oxygen atoms in total. The van der Waals surface area contributed by atoms with Crippen molar-refractivity contribution in [2.24, 2.45) is 16.8 Å². The van der Waals surface area contributed by atoms with Crippen LogP contribution in [0.2, 0.25) is 0 Å². The molecule has 1 atom stereocenters. The molecule has 1 saturated heterocycles. The first-order chi connectivity index (χ1) is 13.1. The molecular formula is C22H37IN4O. The van der Waals surface area contributed by atoms with Crippen molar-refractivity contribution in [2.75, 3.05) is 39.8 Å². The van der Waals surface area contributed by atoms with Crippen LogP contribution in [0.25, 0.3) is 0 Å². The van der Waals surface area contributed by atoms with Gasteiger partial charge in [0.1, 0.15) is 12.4 Å². The van der Waals surface area contributed by atoms with Crippen molar-refractivity contribution in [1.82, 2.24) is 15.5 Å². The van der Waals surface area contributed by atoms with Crippen LogP contribution in [0, 0.1) is 11.8 Å². The monoisotopic (exact) mass is 500 g/mol. The molecule has 1 fully saturated rings. The van der Waals surface area contributed by atoms with E-state index in [2.05, 4.69) is 47.0 Å². The molecule has 158 valence electrons. The molecule has 1 aromatic carbocycles. The highest BCUT2D eigenvalue weighted by Gasteiger charge is 2.20. The second-order valence-electron chi connectivity index (χ2n) is 7.68. The van der Waals surface area contributed by atoms with Gasteiger partial charge >= 0.3 is 0 Å². The number of piperidine rings is 1. The van der Waals surface area contributed by atoms with Crippen molar-refractivity contribution >= 4 is 29.9 Å². The predicted molar refractivity (Wildman–Crippen MR) is 130 cm³/mol. The summed E-state index contributed by atoms with van der Waals surface area (Å²) in [6.45, 7) is 14.1. The number of para-hydroxylation sites is 1. The number of hydrogen-bond acceptors (Lipinski definition) is 3. The number of halogens is 1. The Labute approximate surface area is 188 Å². The first-order valence-corrected chi connectivity index (χ1v) is 10.1. The van der Waals surface area contributed by atoms with Crippen molar-refractivity contribution in [3.63, 3.8) is 0 Å². The Kier molecular flexibility index (Phi) is 12.2. The minimum absolute atomic E-state index is 0. The quantitative estimate of drug-likeness (QED) is 0.234. The molecule has 2 rings (SSSR count). The lowest BCUT2D eigenvalue weighted by Crippen LogP contribution is -2.45. The van der Waals surface area contributed by atoms with Gasteiger partial charge in [0.2, 0.25) is 0 Å². The van der Waals surface area contributed by atoms with Gasteiger partial charge in [-0.25, -0.2) is 0 Å². The molecule has 0 radical (unpaired) electrons. The van der Waals surface area contributed by atoms with E-state index in [1.165, 1.54) is 32.5 Å². The third-order valence-corrected chi connectivity index (χ3v) is 4.78. The van der Waals surface area contributed by atoms with Crippen molar-refractivity contribution in [1.29, 1.82) is 0 Å². The number of aliphatic imine (C=N–C) groups is 1. The van der Waals surface area contributed by atoms with E-state index in [1.807, 2.05) is 25.2 Å². The summed E-state index contributed by atoms with van der Waals surface area (Å²) < 4.78 is 5.73. The molecule has 0 aliphatic carbocycles. The molecule has 0 amide bonds. The van der Waals surface area contributed by atoms with Crippen LogP contribution in [0.3, 0.4) is 0 Å². The second-order valence-corrected chi connectivity index (χ2v) is 7.68. The fourth-order valence-electron chi connectivity index (χ4n) is 3.58. The Morgan fingerprint density at radius 3 is 2.86 bits per heavy atom. The number of rotatable bonds is 9. The number of likely N-dealkylation sites (tertiary alicyclic amines) is 1. The van der Waals surface area contributed by atoms with Crippen LogP contribution < -0.4 is 15.4 Å². The third kappa shape index (κ3) is 8.82. The minimum Gasteiger partial charge on any atom is -0.489 e. The van der Waals surface area contributed by atoms with Gasteiger partial charge in [-0.05, 0) is 37.3 Å². The Balaban J connectivity index is 0.00000392. The lowest BCUT2D eigenvalue weighted by atomic mass is 9.97. The van der Waals surface area contributed by atoms with Crippen LogP contribution in [0.5, 0.6) is 5.75 Å². The molecule has 0 spiro atoms. The summed E-state index contributed by atoms with van der Waals surface area (Å²) in [5.41, 5.74) is 1.11. The van der Waals surface area contributed by atoms with Gasteiger partial charge in [-0.3, -0.25) is 4.99 Å². The molecule has 1 aromatic rings. The Bertz CT molecular complexity index is 606. The van der Waals surface area contributed by atoms with E-state index < -0.39 is 0 Å². The van der Waals surface area contributed by atoms with Gasteiger partial charge in [0.25, 0.3) is 0 Å². The van der Waals surface area contributed by atoms with Gasteiger partial charge in [-0.2, -0.15) is 0 Å². The van der Waals surface area contributed by atoms with Crippen molar-refractivity contribution in [3.8, 4) is 5.75 Å². The highest BCUT2D eigenvalue weighted by atomic mass is 127. The van der Waals surface area contributed by atoms with Crippen LogP contribution in [-0.4, -0.2) is 50.7 Å². The fraction of sp³-hybridized carbons (Fsp3) is 0.591. The molecule has 0 aromatic heterocycles. The molecule has 2 N–H and O–H groups in total. The molecule has 6 heteroatoms. The van der Waals surface area contributed by atoms with E-state index in [0.29, 0.717) is 19.1 Å². The predicted octanol–water partition coefficient (Wildman–Crippen LogP) is 3.90. The van der Waals surface area contributed by atoms with Gasteiger partial charge in [-0.1, -0.05) is 44.7 Å². The summed E-state index contributed by atoms with van der Waals surface area (Å²) >= 11 is 0. The normalized spacial score (nSPS) is 17.7. The smallest absolute Gasteiger partial charge is 0.191 e. The highest BCUT2D eigenvalue weighted by Crippen LogP contribution is 2.18. The zero-order valence-electron chi connectivity index (χ0n) is 17.6. The minimum atomic E-state index is 0. The van der Waals surface area contributed by atoms with Gasteiger partial charge in [-0.15, -0.1) is 24.0 Å². The Morgan fingerprint density at radius 2 is 2.14 bits per heavy atom. The van der Waals surface area contributed by atoms with E-state index in [4.69, 9.17) is 4.74 Å². The maximum atomic E-state index is 5.73. The van der Waals surface area contributed by atoms with Crippen LogP contribution in [0.4, 0.5) is 0 Å². The number of ether oxygens (including phenoxy) is 1.